The summed E-state index contributed by atoms with van der Waals surface area (Å²) in [5.74, 6) is 1.35. The molecule has 1 aliphatic rings. The molecule has 0 aromatic heterocycles. The third kappa shape index (κ3) is 3.95. The van der Waals surface area contributed by atoms with Crippen molar-refractivity contribution in [2.75, 3.05) is 13.7 Å². The van der Waals surface area contributed by atoms with E-state index < -0.39 is 0 Å². The van der Waals surface area contributed by atoms with E-state index in [9.17, 15) is 4.79 Å². The topological polar surface area (TPSA) is 38.8 Å². The van der Waals surface area contributed by atoms with E-state index >= 15 is 0 Å². The molecule has 1 aliphatic heterocycles. The first-order chi connectivity index (χ1) is 11.9. The fourth-order valence-electron chi connectivity index (χ4n) is 3.08. The average Bonchev–Trinajstić information content (AvgIpc) is 2.89. The fourth-order valence-corrected chi connectivity index (χ4v) is 3.08. The van der Waals surface area contributed by atoms with Gasteiger partial charge >= 0.3 is 0 Å². The lowest BCUT2D eigenvalue weighted by Crippen LogP contribution is -2.31. The number of aryl methyl sites for hydroxylation is 1. The van der Waals surface area contributed by atoms with E-state index in [1.165, 1.54) is 5.56 Å². The van der Waals surface area contributed by atoms with Crippen molar-refractivity contribution in [1.82, 2.24) is 4.90 Å². The zero-order chi connectivity index (χ0) is 18.0. The predicted molar refractivity (Wildman–Crippen MR) is 98.0 cm³/mol. The van der Waals surface area contributed by atoms with Gasteiger partial charge in [-0.15, -0.1) is 0 Å². The molecule has 25 heavy (non-hydrogen) atoms. The van der Waals surface area contributed by atoms with Crippen molar-refractivity contribution in [3.05, 3.63) is 59.2 Å². The lowest BCUT2D eigenvalue weighted by molar-refractivity contribution is -0.132. The largest absolute Gasteiger partial charge is 0.483 e. The second kappa shape index (κ2) is 6.79. The lowest BCUT2D eigenvalue weighted by Gasteiger charge is -2.20. The molecule has 2 aromatic carbocycles. The van der Waals surface area contributed by atoms with Crippen molar-refractivity contribution < 1.29 is 14.3 Å². The highest BCUT2D eigenvalue weighted by Crippen LogP contribution is 2.41. The molecule has 132 valence electrons. The van der Waals surface area contributed by atoms with Crippen molar-refractivity contribution in [3.8, 4) is 11.5 Å². The number of fused-ring (bicyclic) bond motifs is 1. The van der Waals surface area contributed by atoms with Gasteiger partial charge in [-0.25, -0.2) is 0 Å². The molecule has 3 rings (SSSR count). The molecule has 0 N–H and O–H groups in total. The highest BCUT2D eigenvalue weighted by Gasteiger charge is 2.32. The van der Waals surface area contributed by atoms with Crippen LogP contribution >= 0.6 is 0 Å². The molecule has 1 heterocycles. The summed E-state index contributed by atoms with van der Waals surface area (Å²) < 4.78 is 11.8. The van der Waals surface area contributed by atoms with E-state index in [4.69, 9.17) is 9.47 Å². The van der Waals surface area contributed by atoms with Gasteiger partial charge in [0.2, 0.25) is 0 Å². The number of para-hydroxylation sites is 1. The van der Waals surface area contributed by atoms with Crippen LogP contribution in [0.25, 0.3) is 0 Å². The number of carbonyl (C=O) groups excluding carboxylic acids is 1. The molecule has 2 aromatic rings. The van der Waals surface area contributed by atoms with E-state index in [2.05, 4.69) is 26.8 Å². The van der Waals surface area contributed by atoms with Crippen LogP contribution in [0.15, 0.2) is 42.5 Å². The minimum Gasteiger partial charge on any atom is -0.483 e. The zero-order valence-electron chi connectivity index (χ0n) is 15.3. The number of ether oxygens (including phenoxy) is 2. The van der Waals surface area contributed by atoms with Gasteiger partial charge in [0.05, 0.1) is 0 Å². The lowest BCUT2D eigenvalue weighted by atomic mass is 10.0. The maximum Gasteiger partial charge on any atom is 0.260 e. The van der Waals surface area contributed by atoms with Crippen LogP contribution in [-0.4, -0.2) is 30.1 Å². The van der Waals surface area contributed by atoms with E-state index in [0.717, 1.165) is 23.3 Å². The highest BCUT2D eigenvalue weighted by atomic mass is 16.5. The van der Waals surface area contributed by atoms with Gasteiger partial charge in [-0.1, -0.05) is 36.4 Å². The Kier molecular flexibility index (Phi) is 4.71. The predicted octanol–water partition coefficient (Wildman–Crippen LogP) is 3.75. The normalized spacial score (nSPS) is 14.6. The molecule has 0 bridgehead atoms. The number of hydrogen-bond donors (Lipinski definition) is 0. The van der Waals surface area contributed by atoms with Crippen molar-refractivity contribution in [1.29, 1.82) is 0 Å². The molecule has 0 spiro atoms. The number of benzene rings is 2. The van der Waals surface area contributed by atoms with Gasteiger partial charge in [0.15, 0.2) is 18.1 Å². The van der Waals surface area contributed by atoms with Gasteiger partial charge in [-0.2, -0.15) is 0 Å². The number of hydrogen-bond acceptors (Lipinski definition) is 3. The van der Waals surface area contributed by atoms with Gasteiger partial charge in [0, 0.05) is 25.6 Å². The smallest absolute Gasteiger partial charge is 0.260 e. The fraction of sp³-hybridized carbons (Fsp3) is 0.381. The molecule has 0 aliphatic carbocycles. The van der Waals surface area contributed by atoms with Crippen LogP contribution in [0.5, 0.6) is 11.5 Å². The van der Waals surface area contributed by atoms with Crippen LogP contribution in [-0.2, 0) is 17.8 Å². The number of nitrogens with zero attached hydrogens (tertiary/aromatic N) is 1. The summed E-state index contributed by atoms with van der Waals surface area (Å²) in [6.45, 7) is 6.74. The molecule has 0 unspecified atom stereocenters. The van der Waals surface area contributed by atoms with Crippen LogP contribution in [0.1, 0.15) is 30.5 Å². The van der Waals surface area contributed by atoms with Crippen LogP contribution in [0.2, 0.25) is 0 Å². The SMILES string of the molecule is Cc1ccccc1CN(C)C(=O)COc1cccc2c1OC(C)(C)C2. The number of carbonyl (C=O) groups is 1. The van der Waals surface area contributed by atoms with Gasteiger partial charge in [-0.05, 0) is 38.0 Å². The first kappa shape index (κ1) is 17.3. The van der Waals surface area contributed by atoms with Crippen LogP contribution in [0.3, 0.4) is 0 Å². The Morgan fingerprint density at radius 2 is 1.96 bits per heavy atom. The van der Waals surface area contributed by atoms with Crippen LogP contribution in [0.4, 0.5) is 0 Å². The molecule has 4 nitrogen and oxygen atoms in total. The summed E-state index contributed by atoms with van der Waals surface area (Å²) in [5.41, 5.74) is 3.22. The molecule has 0 fully saturated rings. The molecule has 4 heteroatoms. The molecule has 0 saturated carbocycles. The van der Waals surface area contributed by atoms with Crippen LogP contribution < -0.4 is 9.47 Å². The summed E-state index contributed by atoms with van der Waals surface area (Å²) in [6, 6.07) is 13.9. The first-order valence-corrected chi connectivity index (χ1v) is 8.58. The quantitative estimate of drug-likeness (QED) is 0.833. The van der Waals surface area contributed by atoms with Crippen molar-refractivity contribution in [2.24, 2.45) is 0 Å². The first-order valence-electron chi connectivity index (χ1n) is 8.58. The minimum atomic E-state index is -0.229. The Morgan fingerprint density at radius 3 is 2.72 bits per heavy atom. The summed E-state index contributed by atoms with van der Waals surface area (Å²) in [6.07, 6.45) is 0.848. The van der Waals surface area contributed by atoms with E-state index in [1.54, 1.807) is 11.9 Å². The average molecular weight is 339 g/mol. The molecular weight excluding hydrogens is 314 g/mol. The Hall–Kier alpha value is -2.49. The maximum absolute atomic E-state index is 12.4. The number of rotatable bonds is 5. The summed E-state index contributed by atoms with van der Waals surface area (Å²) in [5, 5.41) is 0. The van der Waals surface area contributed by atoms with Gasteiger partial charge in [-0.3, -0.25) is 4.79 Å². The number of amides is 1. The summed E-state index contributed by atoms with van der Waals surface area (Å²) in [7, 11) is 1.80. The second-order valence-electron chi connectivity index (χ2n) is 7.25. The molecule has 0 radical (unpaired) electrons. The van der Waals surface area contributed by atoms with Crippen molar-refractivity contribution in [3.63, 3.8) is 0 Å². The molecular formula is C21H25NO3. The molecule has 0 saturated heterocycles. The van der Waals surface area contributed by atoms with E-state index in [1.807, 2.05) is 36.4 Å². The van der Waals surface area contributed by atoms with Gasteiger partial charge in [0.25, 0.3) is 5.91 Å². The third-order valence-corrected chi connectivity index (χ3v) is 4.50. The van der Waals surface area contributed by atoms with Crippen molar-refractivity contribution >= 4 is 5.91 Å². The molecule has 0 atom stereocenters. The Morgan fingerprint density at radius 1 is 1.20 bits per heavy atom. The van der Waals surface area contributed by atoms with Crippen molar-refractivity contribution in [2.45, 2.75) is 39.3 Å². The summed E-state index contributed by atoms with van der Waals surface area (Å²) >= 11 is 0. The van der Waals surface area contributed by atoms with E-state index in [-0.39, 0.29) is 18.1 Å². The second-order valence-corrected chi connectivity index (χ2v) is 7.25. The zero-order valence-corrected chi connectivity index (χ0v) is 15.3. The maximum atomic E-state index is 12.4. The van der Waals surface area contributed by atoms with Gasteiger partial charge < -0.3 is 14.4 Å². The highest BCUT2D eigenvalue weighted by molar-refractivity contribution is 5.77. The van der Waals surface area contributed by atoms with Crippen LogP contribution in [0, 0.1) is 6.92 Å². The summed E-state index contributed by atoms with van der Waals surface area (Å²) in [4.78, 5) is 14.1. The van der Waals surface area contributed by atoms with E-state index in [0.29, 0.717) is 12.3 Å². The number of likely N-dealkylation sites (N-methyl/N-ethyl adjacent to an activating group) is 1. The van der Waals surface area contributed by atoms with Gasteiger partial charge in [0.1, 0.15) is 5.60 Å². The Bertz CT molecular complexity index is 782. The molecule has 1 amide bonds. The Balaban J connectivity index is 1.62. The monoisotopic (exact) mass is 339 g/mol. The minimum absolute atomic E-state index is 0.00260. The third-order valence-electron chi connectivity index (χ3n) is 4.50. The Labute approximate surface area is 149 Å². The standard InChI is InChI=1S/C21H25NO3/c1-15-8-5-6-9-17(15)13-22(4)19(23)14-24-18-11-7-10-16-12-21(2,3)25-20(16)18/h5-11H,12-14H2,1-4H3.